The van der Waals surface area contributed by atoms with Crippen LogP contribution in [0, 0.1) is 77.0 Å². The first-order valence-corrected chi connectivity index (χ1v) is 22.6. The first-order chi connectivity index (χ1) is 29.6. The molecule has 0 N–H and O–H groups in total. The molecule has 6 aromatic rings. The Bertz CT molecular complexity index is 1770. The normalized spacial score (nSPS) is 10.9. The maximum absolute atomic E-state index is 5.32. The fourth-order valence-electron chi connectivity index (χ4n) is 5.02. The molecule has 0 radical (unpaired) electrons. The van der Waals surface area contributed by atoms with E-state index in [1.807, 2.05) is 34.6 Å². The number of rotatable bonds is 15. The van der Waals surface area contributed by atoms with Crippen LogP contribution in [0.4, 0.5) is 0 Å². The van der Waals surface area contributed by atoms with Crippen LogP contribution in [-0.2, 0) is 38.5 Å². The Morgan fingerprint density at radius 2 is 0.746 bits per heavy atom. The molecule has 354 valence electrons. The summed E-state index contributed by atoms with van der Waals surface area (Å²) in [5.74, 6) is 13.2. The van der Waals surface area contributed by atoms with Crippen LogP contribution in [0.3, 0.4) is 0 Å². The number of aryl methyl sites for hydroxylation is 9. The molecule has 0 atom stereocenters. The molecule has 0 aliphatic carbocycles. The zero-order chi connectivity index (χ0) is 47.5. The number of hydrogen-bond donors (Lipinski definition) is 0. The Morgan fingerprint density at radius 3 is 1.10 bits per heavy atom. The lowest BCUT2D eigenvalue weighted by Gasteiger charge is -1.99. The first-order valence-electron chi connectivity index (χ1n) is 22.6. The lowest BCUT2D eigenvalue weighted by atomic mass is 10.1. The van der Waals surface area contributed by atoms with Crippen LogP contribution in [0.25, 0.3) is 0 Å². The van der Waals surface area contributed by atoms with Gasteiger partial charge in [-0.15, -0.1) is 20.4 Å². The van der Waals surface area contributed by atoms with Crippen LogP contribution in [0.1, 0.15) is 173 Å². The van der Waals surface area contributed by atoms with E-state index in [1.54, 1.807) is 19.3 Å². The summed E-state index contributed by atoms with van der Waals surface area (Å²) in [4.78, 5) is 16.4. The van der Waals surface area contributed by atoms with E-state index < -0.39 is 0 Å². The molecule has 0 unspecified atom stereocenters. The minimum absolute atomic E-state index is 0.583. The van der Waals surface area contributed by atoms with Gasteiger partial charge in [0.15, 0.2) is 23.4 Å². The first kappa shape index (κ1) is 56.0. The summed E-state index contributed by atoms with van der Waals surface area (Å²) in [6.07, 6.45) is 12.4. The van der Waals surface area contributed by atoms with Gasteiger partial charge in [-0.25, -0.2) is 9.97 Å². The zero-order valence-corrected chi connectivity index (χ0v) is 41.9. The van der Waals surface area contributed by atoms with E-state index in [1.165, 1.54) is 0 Å². The molecule has 0 amide bonds. The second-order valence-corrected chi connectivity index (χ2v) is 18.2. The highest BCUT2D eigenvalue weighted by molar-refractivity contribution is 4.92. The number of hydrogen-bond acceptors (Lipinski definition) is 16. The monoisotopic (exact) mass is 881 g/mol. The quantitative estimate of drug-likeness (QED) is 0.0939. The molecule has 16 heteroatoms. The topological polar surface area (TPSA) is 208 Å². The highest BCUT2D eigenvalue weighted by atomic mass is 16.5. The van der Waals surface area contributed by atoms with Gasteiger partial charge in [0.1, 0.15) is 11.5 Å². The van der Waals surface area contributed by atoms with Crippen molar-refractivity contribution in [3.05, 3.63) is 82.7 Å². The van der Waals surface area contributed by atoms with Crippen molar-refractivity contribution < 1.29 is 26.7 Å². The van der Waals surface area contributed by atoms with E-state index in [0.29, 0.717) is 41.4 Å². The molecule has 0 aliphatic heterocycles. The third-order valence-corrected chi connectivity index (χ3v) is 8.17. The zero-order valence-electron chi connectivity index (χ0n) is 41.9. The SMILES string of the molecule is Cc1cnc(CC(C)C)o1.Cc1cnc(CCC(C)C)o1.Cc1nnc(CC(C)C)o1.Cc1nnc(CCC(C)C)o1.Cc1noc(CC(C)C)n1.Cc1noc(CCC(C)C)n1. The molecule has 6 aromatic heterocycles. The van der Waals surface area contributed by atoms with Crippen LogP contribution in [0.5, 0.6) is 0 Å². The van der Waals surface area contributed by atoms with E-state index in [4.69, 9.17) is 26.7 Å². The average molecular weight is 881 g/mol. The number of nitrogens with zero attached hydrogens (tertiary/aromatic N) is 10. The van der Waals surface area contributed by atoms with Crippen LogP contribution in [0.15, 0.2) is 39.1 Å². The van der Waals surface area contributed by atoms with Crippen molar-refractivity contribution in [1.29, 1.82) is 0 Å². The summed E-state index contributed by atoms with van der Waals surface area (Å²) in [5.41, 5.74) is 0. The molecule has 16 nitrogen and oxygen atoms in total. The highest BCUT2D eigenvalue weighted by Crippen LogP contribution is 2.11. The Labute approximate surface area is 377 Å². The third kappa shape index (κ3) is 29.8. The third-order valence-electron chi connectivity index (χ3n) is 8.17. The fraction of sp³-hybridized carbons (Fsp3) is 0.702. The lowest BCUT2D eigenvalue weighted by molar-refractivity contribution is 0.360. The molecule has 0 saturated heterocycles. The molecule has 63 heavy (non-hydrogen) atoms. The molecule has 0 spiro atoms. The van der Waals surface area contributed by atoms with E-state index in [-0.39, 0.29) is 0 Å². The Morgan fingerprint density at radius 1 is 0.381 bits per heavy atom. The molecule has 6 rings (SSSR count). The summed E-state index contributed by atoms with van der Waals surface area (Å²) in [5, 5.41) is 22.6. The maximum Gasteiger partial charge on any atom is 0.226 e. The van der Waals surface area contributed by atoms with Gasteiger partial charge in [0.2, 0.25) is 35.3 Å². The van der Waals surface area contributed by atoms with E-state index in [0.717, 1.165) is 122 Å². The minimum Gasteiger partial charge on any atom is -0.446 e. The standard InChI is InChI=1S/C9H15NO.2C8H14N2O.C8H13NO.2C7H12N2O/c1-7(2)4-5-9-10-6-8(3)11-9;1-6(2)4-5-8-10-9-7(3)11-8;1-6(2)4-5-8-9-7(3)10-11-8;1-6(2)4-8-9-5-7(3)10-8;1-5(2)4-7-9-8-6(3)10-7;1-5(2)4-7-8-6(3)9-10-7/h6-7H,4-5H2,1-3H3;2*6H,4-5H2,1-3H3;5-6H,4H2,1-3H3;2*5H,4H2,1-3H3. The van der Waals surface area contributed by atoms with Gasteiger partial charge in [-0.05, 0) is 82.5 Å². The van der Waals surface area contributed by atoms with E-state index >= 15 is 0 Å². The van der Waals surface area contributed by atoms with E-state index in [9.17, 15) is 0 Å². The Hall–Kier alpha value is -5.02. The van der Waals surface area contributed by atoms with Crippen LogP contribution < -0.4 is 0 Å². The Kier molecular flexibility index (Phi) is 27.5. The summed E-state index contributed by atoms with van der Waals surface area (Å²) in [6, 6.07) is 0. The molecule has 6 heterocycles. The van der Waals surface area contributed by atoms with Crippen molar-refractivity contribution in [2.75, 3.05) is 0 Å². The number of oxazole rings is 2. The van der Waals surface area contributed by atoms with Crippen molar-refractivity contribution in [3.8, 4) is 0 Å². The number of aromatic nitrogens is 10. The van der Waals surface area contributed by atoms with E-state index in [2.05, 4.69) is 134 Å². The van der Waals surface area contributed by atoms with Gasteiger partial charge in [-0.1, -0.05) is 93.4 Å². The molecule has 0 saturated carbocycles. The largest absolute Gasteiger partial charge is 0.446 e. The predicted octanol–water partition coefficient (Wildman–Crippen LogP) is 11.8. The molecule has 0 fully saturated rings. The van der Waals surface area contributed by atoms with Crippen molar-refractivity contribution in [2.45, 2.75) is 182 Å². The minimum atomic E-state index is 0.583. The van der Waals surface area contributed by atoms with Crippen LogP contribution >= 0.6 is 0 Å². The smallest absolute Gasteiger partial charge is 0.226 e. The summed E-state index contributed by atoms with van der Waals surface area (Å²) in [7, 11) is 0. The summed E-state index contributed by atoms with van der Waals surface area (Å²) < 4.78 is 30.9. The predicted molar refractivity (Wildman–Crippen MR) is 244 cm³/mol. The van der Waals surface area contributed by atoms with Gasteiger partial charge in [0, 0.05) is 52.4 Å². The lowest BCUT2D eigenvalue weighted by Crippen LogP contribution is -1.93. The van der Waals surface area contributed by atoms with Crippen molar-refractivity contribution >= 4 is 0 Å². The fourth-order valence-corrected chi connectivity index (χ4v) is 5.02. The van der Waals surface area contributed by atoms with Crippen LogP contribution in [-0.4, -0.2) is 50.6 Å². The molecule has 0 aromatic carbocycles. The second kappa shape index (κ2) is 30.9. The molecule has 0 bridgehead atoms. The maximum atomic E-state index is 5.32. The van der Waals surface area contributed by atoms with Gasteiger partial charge in [0.25, 0.3) is 0 Å². The second-order valence-electron chi connectivity index (χ2n) is 18.2. The van der Waals surface area contributed by atoms with Crippen LogP contribution in [0.2, 0.25) is 0 Å². The van der Waals surface area contributed by atoms with Crippen molar-refractivity contribution in [3.63, 3.8) is 0 Å². The molecule has 0 aliphatic rings. The molecular formula is C47H80N10O6. The molecular weight excluding hydrogens is 801 g/mol. The average Bonchev–Trinajstić information content (AvgIpc) is 4.06. The summed E-state index contributed by atoms with van der Waals surface area (Å²) >= 11 is 0. The summed E-state index contributed by atoms with van der Waals surface area (Å²) in [6.45, 7) is 37.1. The van der Waals surface area contributed by atoms with Gasteiger partial charge < -0.3 is 26.7 Å². The van der Waals surface area contributed by atoms with Crippen molar-refractivity contribution in [1.82, 2.24) is 50.6 Å². The van der Waals surface area contributed by atoms with Gasteiger partial charge in [0.05, 0.1) is 12.4 Å². The Balaban J connectivity index is 0.000000378. The van der Waals surface area contributed by atoms with Crippen molar-refractivity contribution in [2.24, 2.45) is 35.5 Å². The van der Waals surface area contributed by atoms with Gasteiger partial charge in [-0.3, -0.25) is 0 Å². The highest BCUT2D eigenvalue weighted by Gasteiger charge is 2.07. The van der Waals surface area contributed by atoms with Gasteiger partial charge in [-0.2, -0.15) is 9.97 Å². The van der Waals surface area contributed by atoms with Gasteiger partial charge >= 0.3 is 0 Å².